The van der Waals surface area contributed by atoms with Crippen LogP contribution in [0, 0.1) is 11.8 Å². The first-order valence-electron chi connectivity index (χ1n) is 4.54. The lowest BCUT2D eigenvalue weighted by atomic mass is 10.1. The van der Waals surface area contributed by atoms with Gasteiger partial charge in [0, 0.05) is 12.8 Å². The molecule has 0 radical (unpaired) electrons. The van der Waals surface area contributed by atoms with Crippen LogP contribution in [0.5, 0.6) is 0 Å². The van der Waals surface area contributed by atoms with E-state index in [0.717, 1.165) is 18.4 Å². The molecule has 0 saturated heterocycles. The minimum absolute atomic E-state index is 0.852. The highest BCUT2D eigenvalue weighted by molar-refractivity contribution is 5.47. The Morgan fingerprint density at radius 2 is 1.92 bits per heavy atom. The first-order chi connectivity index (χ1) is 6.36. The second-order valence-electron chi connectivity index (χ2n) is 2.83. The molecule has 0 aliphatic rings. The summed E-state index contributed by atoms with van der Waals surface area (Å²) in [5.41, 5.74) is 2.43. The van der Waals surface area contributed by atoms with Gasteiger partial charge in [-0.3, -0.25) is 0 Å². The zero-order valence-electron chi connectivity index (χ0n) is 8.01. The lowest BCUT2D eigenvalue weighted by Gasteiger charge is -1.95. The molecule has 0 heteroatoms. The predicted octanol–water partition coefficient (Wildman–Crippen LogP) is 3.29. The van der Waals surface area contributed by atoms with Crippen LogP contribution in [0.15, 0.2) is 30.8 Å². The highest BCUT2D eigenvalue weighted by Gasteiger charge is 1.88. The fraction of sp³-hybridized carbons (Fsp3) is 0.231. The third-order valence-corrected chi connectivity index (χ3v) is 1.81. The van der Waals surface area contributed by atoms with Gasteiger partial charge < -0.3 is 0 Å². The summed E-state index contributed by atoms with van der Waals surface area (Å²) in [6.07, 6.45) is 3.64. The van der Waals surface area contributed by atoms with Gasteiger partial charge in [0.25, 0.3) is 0 Å². The fourth-order valence-electron chi connectivity index (χ4n) is 1.06. The van der Waals surface area contributed by atoms with Gasteiger partial charge in [0.1, 0.15) is 0 Å². The van der Waals surface area contributed by atoms with Crippen LogP contribution in [-0.4, -0.2) is 0 Å². The van der Waals surface area contributed by atoms with Crippen molar-refractivity contribution in [2.24, 2.45) is 0 Å². The Balaban J connectivity index is 2.64. The molecule has 0 fully saturated rings. The molecular weight excluding hydrogens is 156 g/mol. The SMILES string of the molecule is C=Cc1ccc(CC#CCC)cc1. The van der Waals surface area contributed by atoms with Gasteiger partial charge in [-0.15, -0.1) is 5.92 Å². The molecule has 13 heavy (non-hydrogen) atoms. The van der Waals surface area contributed by atoms with Crippen molar-refractivity contribution in [3.63, 3.8) is 0 Å². The zero-order chi connectivity index (χ0) is 9.52. The van der Waals surface area contributed by atoms with E-state index in [4.69, 9.17) is 0 Å². The van der Waals surface area contributed by atoms with Crippen molar-refractivity contribution >= 4 is 6.08 Å². The predicted molar refractivity (Wildman–Crippen MR) is 58.3 cm³/mol. The number of hydrogen-bond acceptors (Lipinski definition) is 0. The van der Waals surface area contributed by atoms with Crippen LogP contribution < -0.4 is 0 Å². The smallest absolute Gasteiger partial charge is 0.0340 e. The Bertz CT molecular complexity index is 319. The molecule has 0 unspecified atom stereocenters. The van der Waals surface area contributed by atoms with Crippen LogP contribution in [0.1, 0.15) is 24.5 Å². The maximum atomic E-state index is 3.71. The summed E-state index contributed by atoms with van der Waals surface area (Å²) in [4.78, 5) is 0. The van der Waals surface area contributed by atoms with E-state index >= 15 is 0 Å². The van der Waals surface area contributed by atoms with E-state index in [-0.39, 0.29) is 0 Å². The normalized spacial score (nSPS) is 8.69. The third kappa shape index (κ3) is 3.17. The second-order valence-corrected chi connectivity index (χ2v) is 2.83. The number of hydrogen-bond donors (Lipinski definition) is 0. The molecule has 66 valence electrons. The molecule has 1 rings (SSSR count). The Hall–Kier alpha value is -1.48. The van der Waals surface area contributed by atoms with Gasteiger partial charge >= 0.3 is 0 Å². The average Bonchev–Trinajstić information content (AvgIpc) is 2.19. The van der Waals surface area contributed by atoms with Crippen LogP contribution in [-0.2, 0) is 6.42 Å². The molecule has 0 bridgehead atoms. The van der Waals surface area contributed by atoms with E-state index in [9.17, 15) is 0 Å². The van der Waals surface area contributed by atoms with E-state index in [0.29, 0.717) is 0 Å². The largest absolute Gasteiger partial charge is 0.103 e. The third-order valence-electron chi connectivity index (χ3n) is 1.81. The molecule has 0 heterocycles. The molecular formula is C13H14. The summed E-state index contributed by atoms with van der Waals surface area (Å²) in [6.45, 7) is 5.77. The lowest BCUT2D eigenvalue weighted by molar-refractivity contribution is 1.25. The summed E-state index contributed by atoms with van der Waals surface area (Å²) in [5, 5.41) is 0. The minimum atomic E-state index is 0.852. The Morgan fingerprint density at radius 3 is 2.46 bits per heavy atom. The van der Waals surface area contributed by atoms with Gasteiger partial charge in [0.05, 0.1) is 0 Å². The monoisotopic (exact) mass is 170 g/mol. The van der Waals surface area contributed by atoms with Crippen molar-refractivity contribution in [2.75, 3.05) is 0 Å². The zero-order valence-corrected chi connectivity index (χ0v) is 8.01. The molecule has 1 aromatic rings. The lowest BCUT2D eigenvalue weighted by Crippen LogP contribution is -1.80. The van der Waals surface area contributed by atoms with E-state index in [1.165, 1.54) is 5.56 Å². The van der Waals surface area contributed by atoms with Crippen molar-refractivity contribution in [3.8, 4) is 11.8 Å². The van der Waals surface area contributed by atoms with Gasteiger partial charge in [-0.05, 0) is 11.1 Å². The summed E-state index contributed by atoms with van der Waals surface area (Å²) in [7, 11) is 0. The van der Waals surface area contributed by atoms with Crippen LogP contribution in [0.4, 0.5) is 0 Å². The van der Waals surface area contributed by atoms with Gasteiger partial charge in [-0.2, -0.15) is 0 Å². The van der Waals surface area contributed by atoms with Gasteiger partial charge in [-0.25, -0.2) is 0 Å². The van der Waals surface area contributed by atoms with Crippen molar-refractivity contribution < 1.29 is 0 Å². The van der Waals surface area contributed by atoms with Crippen LogP contribution in [0.2, 0.25) is 0 Å². The molecule has 0 nitrogen and oxygen atoms in total. The molecule has 0 aromatic heterocycles. The maximum absolute atomic E-state index is 3.71. The van der Waals surface area contributed by atoms with Crippen LogP contribution in [0.25, 0.3) is 6.08 Å². The number of benzene rings is 1. The molecule has 0 aliphatic heterocycles. The standard InChI is InChI=1S/C13H14/c1-3-5-6-7-13-10-8-12(4-2)9-11-13/h4,8-11H,2-3,7H2,1H3. The first-order valence-corrected chi connectivity index (χ1v) is 4.54. The van der Waals surface area contributed by atoms with Crippen molar-refractivity contribution in [2.45, 2.75) is 19.8 Å². The molecule has 0 atom stereocenters. The second kappa shape index (κ2) is 5.22. The highest BCUT2D eigenvalue weighted by atomic mass is 13.9. The Kier molecular flexibility index (Phi) is 3.85. The van der Waals surface area contributed by atoms with Crippen molar-refractivity contribution in [1.82, 2.24) is 0 Å². The minimum Gasteiger partial charge on any atom is -0.103 e. The molecule has 0 spiro atoms. The molecule has 0 amide bonds. The summed E-state index contributed by atoms with van der Waals surface area (Å²) < 4.78 is 0. The van der Waals surface area contributed by atoms with Gasteiger partial charge in [-0.1, -0.05) is 49.8 Å². The summed E-state index contributed by atoms with van der Waals surface area (Å²) in [6, 6.07) is 8.33. The average molecular weight is 170 g/mol. The maximum Gasteiger partial charge on any atom is 0.0340 e. The molecule has 0 aliphatic carbocycles. The fourth-order valence-corrected chi connectivity index (χ4v) is 1.06. The Morgan fingerprint density at radius 1 is 1.23 bits per heavy atom. The van der Waals surface area contributed by atoms with Crippen LogP contribution in [0.3, 0.4) is 0 Å². The molecule has 0 saturated carbocycles. The summed E-state index contributed by atoms with van der Waals surface area (Å²) >= 11 is 0. The number of rotatable bonds is 2. The highest BCUT2D eigenvalue weighted by Crippen LogP contribution is 2.05. The van der Waals surface area contributed by atoms with E-state index in [1.54, 1.807) is 0 Å². The quantitative estimate of drug-likeness (QED) is 0.597. The molecule has 1 aromatic carbocycles. The topological polar surface area (TPSA) is 0 Å². The van der Waals surface area contributed by atoms with E-state index in [1.807, 2.05) is 6.08 Å². The van der Waals surface area contributed by atoms with E-state index < -0.39 is 0 Å². The summed E-state index contributed by atoms with van der Waals surface area (Å²) in [5.74, 6) is 6.17. The van der Waals surface area contributed by atoms with E-state index in [2.05, 4.69) is 49.6 Å². The van der Waals surface area contributed by atoms with Gasteiger partial charge in [0.15, 0.2) is 0 Å². The van der Waals surface area contributed by atoms with Crippen molar-refractivity contribution in [1.29, 1.82) is 0 Å². The Labute approximate surface area is 80.3 Å². The molecule has 0 N–H and O–H groups in total. The van der Waals surface area contributed by atoms with Gasteiger partial charge in [0.2, 0.25) is 0 Å². The first kappa shape index (κ1) is 9.61. The van der Waals surface area contributed by atoms with Crippen molar-refractivity contribution in [3.05, 3.63) is 42.0 Å². The van der Waals surface area contributed by atoms with Crippen LogP contribution >= 0.6 is 0 Å².